The van der Waals surface area contributed by atoms with E-state index in [9.17, 15) is 14.4 Å². The Morgan fingerprint density at radius 3 is 2.65 bits per heavy atom. The number of piperazine rings is 1. The van der Waals surface area contributed by atoms with Gasteiger partial charge in [0.15, 0.2) is 5.78 Å². The van der Waals surface area contributed by atoms with Gasteiger partial charge in [0.2, 0.25) is 0 Å². The molecule has 31 heavy (non-hydrogen) atoms. The maximum atomic E-state index is 12.8. The highest BCUT2D eigenvalue weighted by Gasteiger charge is 2.31. The van der Waals surface area contributed by atoms with Gasteiger partial charge in [-0.3, -0.25) is 14.4 Å². The third-order valence-electron chi connectivity index (χ3n) is 5.81. The molecule has 1 aliphatic carbocycles. The monoisotopic (exact) mass is 437 g/mol. The molecule has 0 radical (unpaired) electrons. The smallest absolute Gasteiger partial charge is 0.313 e. The molecule has 6 nitrogen and oxygen atoms in total. The zero-order valence-corrected chi connectivity index (χ0v) is 18.3. The fourth-order valence-corrected chi connectivity index (χ4v) is 4.17. The predicted octanol–water partition coefficient (Wildman–Crippen LogP) is 3.46. The van der Waals surface area contributed by atoms with Crippen molar-refractivity contribution >= 4 is 46.6 Å². The fourth-order valence-electron chi connectivity index (χ4n) is 4.05. The Morgan fingerprint density at radius 2 is 1.90 bits per heavy atom. The third-order valence-corrected chi connectivity index (χ3v) is 6.23. The maximum absolute atomic E-state index is 12.8. The summed E-state index contributed by atoms with van der Waals surface area (Å²) in [5, 5.41) is 3.43. The van der Waals surface area contributed by atoms with Crippen LogP contribution in [0.2, 0.25) is 5.02 Å². The largest absolute Gasteiger partial charge is 0.368 e. The molecule has 2 aliphatic rings. The minimum absolute atomic E-state index is 0.0568. The van der Waals surface area contributed by atoms with Gasteiger partial charge in [-0.25, -0.2) is 0 Å². The maximum Gasteiger partial charge on any atom is 0.313 e. The van der Waals surface area contributed by atoms with Crippen LogP contribution in [0, 0.1) is 6.92 Å². The molecule has 2 aromatic rings. The fraction of sp³-hybridized carbons (Fsp3) is 0.292. The van der Waals surface area contributed by atoms with Crippen LogP contribution in [-0.4, -0.2) is 48.2 Å². The highest BCUT2D eigenvalue weighted by atomic mass is 35.5. The van der Waals surface area contributed by atoms with E-state index in [1.807, 2.05) is 38.1 Å². The molecule has 0 bridgehead atoms. The van der Waals surface area contributed by atoms with Gasteiger partial charge >= 0.3 is 11.8 Å². The molecule has 160 valence electrons. The number of hydrogen-bond acceptors (Lipinski definition) is 4. The summed E-state index contributed by atoms with van der Waals surface area (Å²) < 4.78 is 0. The minimum atomic E-state index is -0.654. The number of rotatable bonds is 2. The van der Waals surface area contributed by atoms with Crippen molar-refractivity contribution in [1.82, 2.24) is 4.90 Å². The molecule has 1 N–H and O–H groups in total. The Balaban J connectivity index is 1.40. The van der Waals surface area contributed by atoms with Crippen molar-refractivity contribution in [3.63, 3.8) is 0 Å². The normalized spacial score (nSPS) is 18.0. The summed E-state index contributed by atoms with van der Waals surface area (Å²) >= 11 is 6.13. The summed E-state index contributed by atoms with van der Waals surface area (Å²) in [5.41, 5.74) is 4.41. The Labute approximate surface area is 186 Å². The first kappa shape index (κ1) is 21.1. The molecule has 0 saturated carbocycles. The van der Waals surface area contributed by atoms with Gasteiger partial charge in [0.05, 0.1) is 0 Å². The van der Waals surface area contributed by atoms with E-state index in [0.29, 0.717) is 31.7 Å². The van der Waals surface area contributed by atoms with Gasteiger partial charge < -0.3 is 15.1 Å². The Bertz CT molecular complexity index is 1100. The second kappa shape index (κ2) is 8.55. The molecule has 0 unspecified atom stereocenters. The van der Waals surface area contributed by atoms with Crippen molar-refractivity contribution in [2.24, 2.45) is 0 Å². The van der Waals surface area contributed by atoms with Crippen LogP contribution in [0.5, 0.6) is 0 Å². The highest BCUT2D eigenvalue weighted by molar-refractivity contribution is 6.39. The summed E-state index contributed by atoms with van der Waals surface area (Å²) in [6, 6.07) is 11.1. The van der Waals surface area contributed by atoms with Crippen LogP contribution in [-0.2, 0) is 20.8 Å². The second-order valence-electron chi connectivity index (χ2n) is 8.07. The van der Waals surface area contributed by atoms with Gasteiger partial charge in [-0.1, -0.05) is 23.7 Å². The van der Waals surface area contributed by atoms with Gasteiger partial charge in [0, 0.05) is 48.5 Å². The number of carbonyl (C=O) groups is 3. The molecule has 1 saturated heterocycles. The molecule has 1 heterocycles. The van der Waals surface area contributed by atoms with E-state index >= 15 is 0 Å². The highest BCUT2D eigenvalue weighted by Crippen LogP contribution is 2.25. The number of amides is 2. The number of aryl methyl sites for hydroxylation is 1. The van der Waals surface area contributed by atoms with E-state index in [1.165, 1.54) is 6.08 Å². The number of benzene rings is 2. The van der Waals surface area contributed by atoms with Crippen LogP contribution in [0.3, 0.4) is 0 Å². The van der Waals surface area contributed by atoms with Gasteiger partial charge in [0.25, 0.3) is 0 Å². The average Bonchev–Trinajstić information content (AvgIpc) is 2.75. The SMILES string of the molecule is Cc1cc(N2CCN(C(=O)C(=O)Nc3ccc4c(c3)C=CC(=O)C4)[C@H](C)C2)ccc1Cl. The summed E-state index contributed by atoms with van der Waals surface area (Å²) in [4.78, 5) is 40.7. The summed E-state index contributed by atoms with van der Waals surface area (Å²) in [7, 11) is 0. The minimum Gasteiger partial charge on any atom is -0.368 e. The van der Waals surface area contributed by atoms with E-state index in [0.717, 1.165) is 27.4 Å². The zero-order chi connectivity index (χ0) is 22.1. The molecule has 1 fully saturated rings. The quantitative estimate of drug-likeness (QED) is 0.730. The molecule has 7 heteroatoms. The number of allylic oxidation sites excluding steroid dienone is 1. The van der Waals surface area contributed by atoms with Crippen molar-refractivity contribution in [3.05, 3.63) is 64.2 Å². The topological polar surface area (TPSA) is 69.7 Å². The number of hydrogen-bond donors (Lipinski definition) is 1. The molecule has 1 aliphatic heterocycles. The van der Waals surface area contributed by atoms with Gasteiger partial charge in [-0.2, -0.15) is 0 Å². The van der Waals surface area contributed by atoms with Gasteiger partial charge in [0.1, 0.15) is 0 Å². The van der Waals surface area contributed by atoms with Crippen LogP contribution in [0.1, 0.15) is 23.6 Å². The molecular weight excluding hydrogens is 414 g/mol. The number of ketones is 1. The van der Waals surface area contributed by atoms with Crippen molar-refractivity contribution < 1.29 is 14.4 Å². The van der Waals surface area contributed by atoms with Crippen LogP contribution < -0.4 is 10.2 Å². The van der Waals surface area contributed by atoms with Crippen molar-refractivity contribution in [3.8, 4) is 0 Å². The van der Waals surface area contributed by atoms with Crippen LogP contribution in [0.4, 0.5) is 11.4 Å². The van der Waals surface area contributed by atoms with Crippen LogP contribution in [0.15, 0.2) is 42.5 Å². The third kappa shape index (κ3) is 4.49. The Hall–Kier alpha value is -3.12. The number of fused-ring (bicyclic) bond motifs is 1. The number of carbonyl (C=O) groups excluding carboxylic acids is 3. The Morgan fingerprint density at radius 1 is 1.10 bits per heavy atom. The lowest BCUT2D eigenvalue weighted by Crippen LogP contribution is -2.56. The van der Waals surface area contributed by atoms with E-state index in [2.05, 4.69) is 10.2 Å². The summed E-state index contributed by atoms with van der Waals surface area (Å²) in [6.45, 7) is 5.65. The first-order valence-electron chi connectivity index (χ1n) is 10.3. The Kier molecular flexibility index (Phi) is 5.83. The van der Waals surface area contributed by atoms with Crippen LogP contribution in [0.25, 0.3) is 6.08 Å². The second-order valence-corrected chi connectivity index (χ2v) is 8.48. The molecule has 0 spiro atoms. The summed E-state index contributed by atoms with van der Waals surface area (Å²) in [6.07, 6.45) is 3.62. The van der Waals surface area contributed by atoms with E-state index in [-0.39, 0.29) is 11.8 Å². The standard InChI is InChI=1S/C24H24ClN3O3/c1-15-11-20(6-8-22(15)25)27-9-10-28(16(2)14-27)24(31)23(30)26-19-5-3-18-13-21(29)7-4-17(18)12-19/h3-8,11-12,16H,9-10,13-14H2,1-2H3,(H,26,30)/t16-/m1/s1. The van der Waals surface area contributed by atoms with E-state index in [4.69, 9.17) is 11.6 Å². The van der Waals surface area contributed by atoms with Crippen molar-refractivity contribution in [2.75, 3.05) is 29.9 Å². The molecule has 0 aromatic heterocycles. The summed E-state index contributed by atoms with van der Waals surface area (Å²) in [5.74, 6) is -1.14. The number of nitrogens with one attached hydrogen (secondary N) is 1. The molecule has 2 amide bonds. The molecular formula is C24H24ClN3O3. The lowest BCUT2D eigenvalue weighted by Gasteiger charge is -2.40. The molecule has 2 aromatic carbocycles. The van der Waals surface area contributed by atoms with E-state index in [1.54, 1.807) is 23.1 Å². The first-order valence-corrected chi connectivity index (χ1v) is 10.7. The first-order chi connectivity index (χ1) is 14.8. The molecule has 4 rings (SSSR count). The lowest BCUT2D eigenvalue weighted by atomic mass is 9.96. The van der Waals surface area contributed by atoms with Crippen molar-refractivity contribution in [1.29, 1.82) is 0 Å². The van der Waals surface area contributed by atoms with Crippen LogP contribution >= 0.6 is 11.6 Å². The number of halogens is 1. The molecule has 1 atom stereocenters. The van der Waals surface area contributed by atoms with E-state index < -0.39 is 11.8 Å². The lowest BCUT2D eigenvalue weighted by molar-refractivity contribution is -0.144. The number of anilines is 2. The number of nitrogens with zero attached hydrogens (tertiary/aromatic N) is 2. The average molecular weight is 438 g/mol. The predicted molar refractivity (Wildman–Crippen MR) is 122 cm³/mol. The van der Waals surface area contributed by atoms with Gasteiger partial charge in [-0.15, -0.1) is 0 Å². The van der Waals surface area contributed by atoms with Crippen molar-refractivity contribution in [2.45, 2.75) is 26.3 Å². The van der Waals surface area contributed by atoms with Gasteiger partial charge in [-0.05, 0) is 66.9 Å². The zero-order valence-electron chi connectivity index (χ0n) is 17.5.